The van der Waals surface area contributed by atoms with Gasteiger partial charge in [-0.25, -0.2) is 0 Å². The molecular weight excluding hydrogens is 251 g/mol. The van der Waals surface area contributed by atoms with Crippen LogP contribution in [0.1, 0.15) is 16.8 Å². The molecule has 7 heteroatoms. The Morgan fingerprint density at radius 3 is 2.56 bits per heavy atom. The summed E-state index contributed by atoms with van der Waals surface area (Å²) in [5.74, 6) is -1.21. The smallest absolute Gasteiger partial charge is 0.429 e. The van der Waals surface area contributed by atoms with Crippen LogP contribution in [0.25, 0.3) is 0 Å². The van der Waals surface area contributed by atoms with Gasteiger partial charge >= 0.3 is 6.18 Å². The standard InChI is InChI=1S/C11H10F3NO3/c1-18-6-2-3-8(16)7(4-6)9(17)5-10(15)11(12,13)14/h2-4,15-16H,5H2,1H3. The fourth-order valence-corrected chi connectivity index (χ4v) is 1.22. The summed E-state index contributed by atoms with van der Waals surface area (Å²) in [6, 6.07) is 3.63. The number of rotatable bonds is 4. The fourth-order valence-electron chi connectivity index (χ4n) is 1.22. The van der Waals surface area contributed by atoms with Crippen LogP contribution in [0.5, 0.6) is 11.5 Å². The highest BCUT2D eigenvalue weighted by Crippen LogP contribution is 2.26. The number of carbonyl (C=O) groups is 1. The summed E-state index contributed by atoms with van der Waals surface area (Å²) in [6.45, 7) is 0. The molecule has 1 aromatic carbocycles. The molecule has 0 aliphatic heterocycles. The number of carbonyl (C=O) groups excluding carboxylic acids is 1. The number of methoxy groups -OCH3 is 1. The second kappa shape index (κ2) is 5.07. The van der Waals surface area contributed by atoms with Crippen molar-refractivity contribution in [3.8, 4) is 11.5 Å². The van der Waals surface area contributed by atoms with Crippen molar-refractivity contribution < 1.29 is 27.8 Å². The van der Waals surface area contributed by atoms with Gasteiger partial charge in [-0.05, 0) is 18.2 Å². The van der Waals surface area contributed by atoms with Crippen molar-refractivity contribution in [3.05, 3.63) is 23.8 Å². The Hall–Kier alpha value is -2.05. The minimum Gasteiger partial charge on any atom is -0.507 e. The maximum atomic E-state index is 12.1. The number of hydrogen-bond acceptors (Lipinski definition) is 4. The van der Waals surface area contributed by atoms with E-state index >= 15 is 0 Å². The summed E-state index contributed by atoms with van der Waals surface area (Å²) in [7, 11) is 1.32. The van der Waals surface area contributed by atoms with Gasteiger partial charge in [-0.15, -0.1) is 0 Å². The van der Waals surface area contributed by atoms with Gasteiger partial charge in [0.15, 0.2) is 5.78 Å². The summed E-state index contributed by atoms with van der Waals surface area (Å²) in [4.78, 5) is 11.5. The van der Waals surface area contributed by atoms with E-state index in [-0.39, 0.29) is 11.3 Å². The molecule has 0 amide bonds. The van der Waals surface area contributed by atoms with Gasteiger partial charge in [0.1, 0.15) is 17.2 Å². The maximum absolute atomic E-state index is 12.1. The topological polar surface area (TPSA) is 70.4 Å². The molecule has 1 aromatic rings. The van der Waals surface area contributed by atoms with Crippen LogP contribution in [0.3, 0.4) is 0 Å². The van der Waals surface area contributed by atoms with E-state index in [9.17, 15) is 23.1 Å². The number of hydrogen-bond donors (Lipinski definition) is 2. The van der Waals surface area contributed by atoms with Crippen LogP contribution in [0, 0.1) is 5.41 Å². The zero-order chi connectivity index (χ0) is 13.9. The Morgan fingerprint density at radius 2 is 2.06 bits per heavy atom. The molecule has 0 saturated heterocycles. The highest BCUT2D eigenvalue weighted by Gasteiger charge is 2.35. The van der Waals surface area contributed by atoms with E-state index in [1.54, 1.807) is 0 Å². The summed E-state index contributed by atoms with van der Waals surface area (Å²) in [5.41, 5.74) is -1.96. The highest BCUT2D eigenvalue weighted by atomic mass is 19.4. The molecule has 0 saturated carbocycles. The first kappa shape index (κ1) is 14.0. The van der Waals surface area contributed by atoms with Gasteiger partial charge in [0.25, 0.3) is 0 Å². The van der Waals surface area contributed by atoms with Crippen molar-refractivity contribution in [1.82, 2.24) is 0 Å². The monoisotopic (exact) mass is 261 g/mol. The molecule has 4 nitrogen and oxygen atoms in total. The molecule has 0 atom stereocenters. The van der Waals surface area contributed by atoms with Crippen LogP contribution < -0.4 is 4.74 Å². The van der Waals surface area contributed by atoms with Crippen LogP contribution in [0.2, 0.25) is 0 Å². The first-order valence-electron chi connectivity index (χ1n) is 4.80. The van der Waals surface area contributed by atoms with Crippen LogP contribution in [-0.2, 0) is 0 Å². The van der Waals surface area contributed by atoms with E-state index in [4.69, 9.17) is 10.1 Å². The second-order valence-electron chi connectivity index (χ2n) is 3.46. The lowest BCUT2D eigenvalue weighted by atomic mass is 10.0. The van der Waals surface area contributed by atoms with Gasteiger partial charge in [0, 0.05) is 0 Å². The van der Waals surface area contributed by atoms with E-state index in [1.807, 2.05) is 0 Å². The minimum absolute atomic E-state index is 0.231. The molecule has 2 N–H and O–H groups in total. The molecule has 0 radical (unpaired) electrons. The number of nitrogens with one attached hydrogen (secondary N) is 1. The van der Waals surface area contributed by atoms with E-state index in [0.29, 0.717) is 0 Å². The predicted octanol–water partition coefficient (Wildman–Crippen LogP) is 2.56. The molecule has 18 heavy (non-hydrogen) atoms. The summed E-state index contributed by atoms with van der Waals surface area (Å²) < 4.78 is 41.1. The summed E-state index contributed by atoms with van der Waals surface area (Å²) in [6.07, 6.45) is -5.96. The molecule has 0 unspecified atom stereocenters. The lowest BCUT2D eigenvalue weighted by Gasteiger charge is -2.09. The highest BCUT2D eigenvalue weighted by molar-refractivity contribution is 6.11. The third-order valence-electron chi connectivity index (χ3n) is 2.18. The number of aromatic hydroxyl groups is 1. The van der Waals surface area contributed by atoms with E-state index < -0.39 is 29.8 Å². The van der Waals surface area contributed by atoms with E-state index in [0.717, 1.165) is 12.1 Å². The molecular formula is C11H10F3NO3. The van der Waals surface area contributed by atoms with Gasteiger partial charge in [-0.2, -0.15) is 13.2 Å². The minimum atomic E-state index is -4.84. The zero-order valence-corrected chi connectivity index (χ0v) is 9.34. The number of Topliss-reactive ketones (excluding diaryl/α,β-unsaturated/α-hetero) is 1. The first-order chi connectivity index (χ1) is 8.25. The molecule has 0 aliphatic carbocycles. The number of ether oxygens (including phenoxy) is 1. The Labute approximate surface area is 101 Å². The fraction of sp³-hybridized carbons (Fsp3) is 0.273. The molecule has 0 aromatic heterocycles. The van der Waals surface area contributed by atoms with E-state index in [1.165, 1.54) is 13.2 Å². The summed E-state index contributed by atoms with van der Waals surface area (Å²) in [5, 5.41) is 16.1. The number of benzene rings is 1. The molecule has 0 bridgehead atoms. The van der Waals surface area contributed by atoms with Crippen LogP contribution in [-0.4, -0.2) is 29.9 Å². The SMILES string of the molecule is COc1ccc(O)c(C(=O)CC(=N)C(F)(F)F)c1. The quantitative estimate of drug-likeness (QED) is 0.646. The normalized spacial score (nSPS) is 11.1. The third kappa shape index (κ3) is 3.22. The number of ketones is 1. The predicted molar refractivity (Wildman–Crippen MR) is 57.4 cm³/mol. The first-order valence-corrected chi connectivity index (χ1v) is 4.80. The lowest BCUT2D eigenvalue weighted by Crippen LogP contribution is -2.24. The van der Waals surface area contributed by atoms with Crippen molar-refractivity contribution in [2.24, 2.45) is 0 Å². The molecule has 0 heterocycles. The van der Waals surface area contributed by atoms with Crippen molar-refractivity contribution in [3.63, 3.8) is 0 Å². The average molecular weight is 261 g/mol. The molecule has 0 fully saturated rings. The van der Waals surface area contributed by atoms with Gasteiger partial charge in [-0.3, -0.25) is 4.79 Å². The second-order valence-corrected chi connectivity index (χ2v) is 3.46. The largest absolute Gasteiger partial charge is 0.507 e. The van der Waals surface area contributed by atoms with Crippen molar-refractivity contribution in [1.29, 1.82) is 5.41 Å². The average Bonchev–Trinajstić information content (AvgIpc) is 2.28. The third-order valence-corrected chi connectivity index (χ3v) is 2.18. The van der Waals surface area contributed by atoms with Gasteiger partial charge in [-0.1, -0.05) is 0 Å². The Morgan fingerprint density at radius 1 is 1.44 bits per heavy atom. The molecule has 0 spiro atoms. The van der Waals surface area contributed by atoms with Gasteiger partial charge in [0.2, 0.25) is 0 Å². The number of phenolic OH excluding ortho intramolecular Hbond substituents is 1. The number of alkyl halides is 3. The maximum Gasteiger partial charge on any atom is 0.429 e. The van der Waals surface area contributed by atoms with Crippen LogP contribution >= 0.6 is 0 Å². The van der Waals surface area contributed by atoms with Crippen LogP contribution in [0.4, 0.5) is 13.2 Å². The van der Waals surface area contributed by atoms with Crippen molar-refractivity contribution in [2.45, 2.75) is 12.6 Å². The lowest BCUT2D eigenvalue weighted by molar-refractivity contribution is -0.0609. The van der Waals surface area contributed by atoms with Gasteiger partial charge < -0.3 is 15.3 Å². The van der Waals surface area contributed by atoms with E-state index in [2.05, 4.69) is 0 Å². The number of phenols is 1. The Bertz CT molecular complexity index is 483. The van der Waals surface area contributed by atoms with Crippen molar-refractivity contribution >= 4 is 11.5 Å². The Balaban J connectivity index is 2.94. The summed E-state index contributed by atoms with van der Waals surface area (Å²) >= 11 is 0. The zero-order valence-electron chi connectivity index (χ0n) is 9.34. The molecule has 0 aliphatic rings. The molecule has 98 valence electrons. The Kier molecular flexibility index (Phi) is 3.95. The molecule has 1 rings (SSSR count). The van der Waals surface area contributed by atoms with Gasteiger partial charge in [0.05, 0.1) is 19.1 Å². The van der Waals surface area contributed by atoms with Crippen LogP contribution in [0.15, 0.2) is 18.2 Å². The number of halogens is 3. The van der Waals surface area contributed by atoms with Crippen molar-refractivity contribution in [2.75, 3.05) is 7.11 Å².